The van der Waals surface area contributed by atoms with E-state index < -0.39 is 5.60 Å². The second-order valence-electron chi connectivity index (χ2n) is 3.84. The Balaban J connectivity index is 2.15. The van der Waals surface area contributed by atoms with Crippen molar-refractivity contribution in [1.82, 2.24) is 0 Å². The molecular formula is C11H10N2O2. The number of nitrogens with zero attached hydrogens (tertiary/aromatic N) is 1. The largest absolute Gasteiger partial charge is 0.443 e. The molecule has 0 saturated carbocycles. The molecule has 1 aliphatic carbocycles. The first kappa shape index (κ1) is 8.47. The molecule has 2 aliphatic rings. The van der Waals surface area contributed by atoms with E-state index >= 15 is 0 Å². The van der Waals surface area contributed by atoms with Crippen molar-refractivity contribution in [2.45, 2.75) is 18.4 Å². The van der Waals surface area contributed by atoms with Crippen molar-refractivity contribution in [1.29, 1.82) is 0 Å². The van der Waals surface area contributed by atoms with Crippen LogP contribution >= 0.6 is 0 Å². The Kier molecular flexibility index (Phi) is 1.46. The molecule has 2 N–H and O–H groups in total. The molecule has 4 heteroatoms. The van der Waals surface area contributed by atoms with Gasteiger partial charge in [0.25, 0.3) is 11.9 Å². The molecule has 3 rings (SSSR count). The molecule has 1 atom stereocenters. The second-order valence-corrected chi connectivity index (χ2v) is 3.84. The average molecular weight is 202 g/mol. The van der Waals surface area contributed by atoms with Gasteiger partial charge in [-0.3, -0.25) is 4.79 Å². The third kappa shape index (κ3) is 0.960. The van der Waals surface area contributed by atoms with Gasteiger partial charge in [-0.25, -0.2) is 0 Å². The third-order valence-corrected chi connectivity index (χ3v) is 3.03. The van der Waals surface area contributed by atoms with Gasteiger partial charge >= 0.3 is 0 Å². The summed E-state index contributed by atoms with van der Waals surface area (Å²) in [7, 11) is 0. The quantitative estimate of drug-likeness (QED) is 0.673. The zero-order valence-corrected chi connectivity index (χ0v) is 8.06. The number of aliphatic imine (C=N–C) groups is 1. The molecular weight excluding hydrogens is 192 g/mol. The van der Waals surface area contributed by atoms with Gasteiger partial charge in [0.15, 0.2) is 0 Å². The maximum Gasteiger partial charge on any atom is 0.299 e. The van der Waals surface area contributed by atoms with Gasteiger partial charge < -0.3 is 10.5 Å². The third-order valence-electron chi connectivity index (χ3n) is 3.03. The van der Waals surface area contributed by atoms with E-state index in [0.717, 1.165) is 17.5 Å². The highest BCUT2D eigenvalue weighted by molar-refractivity contribution is 6.02. The standard InChI is InChI=1S/C11H10N2O2/c12-10-13-9(14)11(15-10)6-5-7-3-1-2-4-8(7)11/h1-4H,5-6H2,(H2,12,13,14)/t11-/m1/s1. The first-order valence-electron chi connectivity index (χ1n) is 4.88. The summed E-state index contributed by atoms with van der Waals surface area (Å²) in [5, 5.41) is 0. The van der Waals surface area contributed by atoms with Gasteiger partial charge in [0.1, 0.15) is 0 Å². The number of hydrogen-bond acceptors (Lipinski definition) is 3. The van der Waals surface area contributed by atoms with E-state index in [1.54, 1.807) is 0 Å². The molecule has 0 radical (unpaired) electrons. The lowest BCUT2D eigenvalue weighted by atomic mass is 9.95. The number of nitrogens with two attached hydrogens (primary N) is 1. The summed E-state index contributed by atoms with van der Waals surface area (Å²) in [6.45, 7) is 0. The lowest BCUT2D eigenvalue weighted by molar-refractivity contribution is -0.131. The minimum Gasteiger partial charge on any atom is -0.443 e. The molecule has 0 unspecified atom stereocenters. The van der Waals surface area contributed by atoms with Crippen LogP contribution in [0.2, 0.25) is 0 Å². The molecule has 76 valence electrons. The molecule has 1 heterocycles. The van der Waals surface area contributed by atoms with Crippen LogP contribution in [0.5, 0.6) is 0 Å². The summed E-state index contributed by atoms with van der Waals surface area (Å²) in [5.41, 5.74) is 6.59. The Morgan fingerprint density at radius 2 is 2.20 bits per heavy atom. The topological polar surface area (TPSA) is 64.7 Å². The molecule has 0 fully saturated rings. The van der Waals surface area contributed by atoms with Crippen molar-refractivity contribution in [3.63, 3.8) is 0 Å². The van der Waals surface area contributed by atoms with Gasteiger partial charge in [-0.15, -0.1) is 0 Å². The maximum atomic E-state index is 11.8. The fourth-order valence-corrected chi connectivity index (χ4v) is 2.34. The highest BCUT2D eigenvalue weighted by atomic mass is 16.5. The predicted molar refractivity (Wildman–Crippen MR) is 54.2 cm³/mol. The first-order valence-corrected chi connectivity index (χ1v) is 4.88. The van der Waals surface area contributed by atoms with Crippen molar-refractivity contribution < 1.29 is 9.53 Å². The van der Waals surface area contributed by atoms with Crippen LogP contribution in [0.1, 0.15) is 17.5 Å². The molecule has 1 aliphatic heterocycles. The molecule has 4 nitrogen and oxygen atoms in total. The van der Waals surface area contributed by atoms with E-state index in [0.29, 0.717) is 6.42 Å². The number of ether oxygens (including phenoxy) is 1. The lowest BCUT2D eigenvalue weighted by Gasteiger charge is -2.21. The summed E-state index contributed by atoms with van der Waals surface area (Å²) in [6.07, 6.45) is 1.47. The van der Waals surface area contributed by atoms with Crippen LogP contribution < -0.4 is 5.73 Å². The summed E-state index contributed by atoms with van der Waals surface area (Å²) in [6, 6.07) is 7.76. The minimum absolute atomic E-state index is 0.0169. The molecule has 15 heavy (non-hydrogen) atoms. The van der Waals surface area contributed by atoms with Crippen molar-refractivity contribution in [3.05, 3.63) is 35.4 Å². The number of carbonyl (C=O) groups is 1. The Labute approximate surface area is 86.8 Å². The number of fused-ring (bicyclic) bond motifs is 2. The number of amides is 1. The zero-order chi connectivity index (χ0) is 10.5. The van der Waals surface area contributed by atoms with Gasteiger partial charge in [0.05, 0.1) is 0 Å². The Bertz CT molecular complexity index is 481. The number of benzene rings is 1. The number of rotatable bonds is 0. The summed E-state index contributed by atoms with van der Waals surface area (Å²) in [5.74, 6) is -0.273. The van der Waals surface area contributed by atoms with E-state index in [-0.39, 0.29) is 11.9 Å². The molecule has 1 amide bonds. The predicted octanol–water partition coefficient (Wildman–Crippen LogP) is 0.700. The van der Waals surface area contributed by atoms with Gasteiger partial charge in [-0.05, 0) is 12.0 Å². The highest BCUT2D eigenvalue weighted by Gasteiger charge is 2.51. The summed E-state index contributed by atoms with van der Waals surface area (Å²) in [4.78, 5) is 15.4. The summed E-state index contributed by atoms with van der Waals surface area (Å²) >= 11 is 0. The SMILES string of the molecule is NC1=NC(=O)[C@]2(CCc3ccccc32)O1. The molecule has 1 aromatic carbocycles. The average Bonchev–Trinajstić information content (AvgIpc) is 2.72. The van der Waals surface area contributed by atoms with Crippen LogP contribution in [0.4, 0.5) is 0 Å². The van der Waals surface area contributed by atoms with Gasteiger partial charge in [-0.1, -0.05) is 24.3 Å². The van der Waals surface area contributed by atoms with Gasteiger partial charge in [-0.2, -0.15) is 4.99 Å². The van der Waals surface area contributed by atoms with Crippen molar-refractivity contribution >= 4 is 11.9 Å². The maximum absolute atomic E-state index is 11.8. The van der Waals surface area contributed by atoms with Crippen LogP contribution in [0, 0.1) is 0 Å². The lowest BCUT2D eigenvalue weighted by Crippen LogP contribution is -2.32. The summed E-state index contributed by atoms with van der Waals surface area (Å²) < 4.78 is 5.43. The van der Waals surface area contributed by atoms with E-state index in [1.165, 1.54) is 0 Å². The molecule has 1 spiro atoms. The van der Waals surface area contributed by atoms with Crippen molar-refractivity contribution in [2.24, 2.45) is 10.7 Å². The van der Waals surface area contributed by atoms with Gasteiger partial charge in [0, 0.05) is 12.0 Å². The van der Waals surface area contributed by atoms with Crippen LogP contribution in [0.25, 0.3) is 0 Å². The zero-order valence-electron chi connectivity index (χ0n) is 8.06. The molecule has 0 bridgehead atoms. The van der Waals surface area contributed by atoms with Crippen LogP contribution in [0.3, 0.4) is 0 Å². The normalized spacial score (nSPS) is 27.7. The Morgan fingerprint density at radius 3 is 2.93 bits per heavy atom. The monoisotopic (exact) mass is 202 g/mol. The number of carbonyl (C=O) groups excluding carboxylic acids is 1. The molecule has 0 aromatic heterocycles. The highest BCUT2D eigenvalue weighted by Crippen LogP contribution is 2.43. The number of hydrogen-bond donors (Lipinski definition) is 1. The molecule has 1 aromatic rings. The number of amidine groups is 1. The fraction of sp³-hybridized carbons (Fsp3) is 0.273. The van der Waals surface area contributed by atoms with Crippen molar-refractivity contribution in [2.75, 3.05) is 0 Å². The van der Waals surface area contributed by atoms with Crippen LogP contribution in [0.15, 0.2) is 29.3 Å². The van der Waals surface area contributed by atoms with E-state index in [2.05, 4.69) is 4.99 Å². The second kappa shape index (κ2) is 2.59. The van der Waals surface area contributed by atoms with Crippen LogP contribution in [-0.4, -0.2) is 11.9 Å². The number of aryl methyl sites for hydroxylation is 1. The molecule has 0 saturated heterocycles. The minimum atomic E-state index is -0.916. The van der Waals surface area contributed by atoms with E-state index in [1.807, 2.05) is 24.3 Å². The smallest absolute Gasteiger partial charge is 0.299 e. The Hall–Kier alpha value is -1.84. The van der Waals surface area contributed by atoms with Crippen LogP contribution in [-0.2, 0) is 21.6 Å². The van der Waals surface area contributed by atoms with Gasteiger partial charge in [0.2, 0.25) is 5.60 Å². The van der Waals surface area contributed by atoms with Crippen molar-refractivity contribution in [3.8, 4) is 0 Å². The Morgan fingerprint density at radius 1 is 1.40 bits per heavy atom. The first-order chi connectivity index (χ1) is 7.22. The fourth-order valence-electron chi connectivity index (χ4n) is 2.34. The van der Waals surface area contributed by atoms with E-state index in [4.69, 9.17) is 10.5 Å². The van der Waals surface area contributed by atoms with E-state index in [9.17, 15) is 4.79 Å².